The van der Waals surface area contributed by atoms with Crippen LogP contribution in [0.3, 0.4) is 0 Å². The van der Waals surface area contributed by atoms with Crippen molar-refractivity contribution in [3.05, 3.63) is 83.4 Å². The molecular formula is C28H31N3O5. The second-order valence-electron chi connectivity index (χ2n) is 8.58. The van der Waals surface area contributed by atoms with E-state index in [1.54, 1.807) is 36.8 Å². The molecule has 1 amide bonds. The molecule has 0 aliphatic carbocycles. The van der Waals surface area contributed by atoms with E-state index < -0.39 is 17.7 Å². The number of carbonyl (C=O) groups is 2. The van der Waals surface area contributed by atoms with E-state index in [2.05, 4.69) is 4.98 Å². The molecule has 2 aromatic carbocycles. The van der Waals surface area contributed by atoms with Gasteiger partial charge >= 0.3 is 0 Å². The zero-order chi connectivity index (χ0) is 25.7. The second kappa shape index (κ2) is 11.1. The van der Waals surface area contributed by atoms with E-state index in [1.165, 1.54) is 4.90 Å². The van der Waals surface area contributed by atoms with Crippen LogP contribution in [0.4, 0.5) is 0 Å². The second-order valence-corrected chi connectivity index (χ2v) is 8.58. The van der Waals surface area contributed by atoms with Crippen LogP contribution in [0.1, 0.15) is 43.0 Å². The van der Waals surface area contributed by atoms with Crippen LogP contribution in [-0.2, 0) is 16.1 Å². The molecule has 0 spiro atoms. The molecule has 1 saturated heterocycles. The SMILES string of the molecule is CCOc1ccc(C2C(=C(O)c3ccc(C)cc3)C(=O)C(=O)N2CCCn2ccnc2)cc1OCC. The Hall–Kier alpha value is -4.07. The first-order valence-corrected chi connectivity index (χ1v) is 12.1. The number of Topliss-reactive ketones (excluding diaryl/α,β-unsaturated/α-hetero) is 1. The monoisotopic (exact) mass is 489 g/mol. The van der Waals surface area contributed by atoms with Crippen LogP contribution in [-0.4, -0.2) is 51.0 Å². The fourth-order valence-corrected chi connectivity index (χ4v) is 4.40. The highest BCUT2D eigenvalue weighted by atomic mass is 16.5. The van der Waals surface area contributed by atoms with Gasteiger partial charge in [-0.05, 0) is 44.9 Å². The fourth-order valence-electron chi connectivity index (χ4n) is 4.40. The quantitative estimate of drug-likeness (QED) is 0.256. The molecule has 0 saturated carbocycles. The minimum atomic E-state index is -0.760. The summed E-state index contributed by atoms with van der Waals surface area (Å²) in [6, 6.07) is 11.8. The van der Waals surface area contributed by atoms with Crippen molar-refractivity contribution in [3.63, 3.8) is 0 Å². The topological polar surface area (TPSA) is 93.9 Å². The maximum absolute atomic E-state index is 13.3. The number of benzene rings is 2. The van der Waals surface area contributed by atoms with E-state index in [4.69, 9.17) is 9.47 Å². The van der Waals surface area contributed by atoms with Crippen LogP contribution in [0.25, 0.3) is 5.76 Å². The summed E-state index contributed by atoms with van der Waals surface area (Å²) in [4.78, 5) is 32.1. The maximum atomic E-state index is 13.3. The Labute approximate surface area is 210 Å². The van der Waals surface area contributed by atoms with E-state index in [9.17, 15) is 14.7 Å². The molecule has 8 nitrogen and oxygen atoms in total. The molecule has 188 valence electrons. The Morgan fingerprint density at radius 3 is 2.39 bits per heavy atom. The van der Waals surface area contributed by atoms with Gasteiger partial charge in [0, 0.05) is 31.0 Å². The number of hydrogen-bond donors (Lipinski definition) is 1. The molecule has 1 aliphatic heterocycles. The number of aliphatic hydroxyl groups is 1. The first-order valence-electron chi connectivity index (χ1n) is 12.1. The summed E-state index contributed by atoms with van der Waals surface area (Å²) < 4.78 is 13.4. The molecule has 1 aliphatic rings. The first kappa shape index (κ1) is 25.0. The van der Waals surface area contributed by atoms with Gasteiger partial charge in [0.15, 0.2) is 11.5 Å². The average molecular weight is 490 g/mol. The zero-order valence-corrected chi connectivity index (χ0v) is 20.8. The predicted molar refractivity (Wildman–Crippen MR) is 136 cm³/mol. The van der Waals surface area contributed by atoms with Crippen molar-refractivity contribution >= 4 is 17.4 Å². The third kappa shape index (κ3) is 5.12. The summed E-state index contributed by atoms with van der Waals surface area (Å²) in [5.41, 5.74) is 2.24. The Bertz CT molecular complexity index is 1250. The molecular weight excluding hydrogens is 458 g/mol. The lowest BCUT2D eigenvalue weighted by Crippen LogP contribution is -2.31. The summed E-state index contributed by atoms with van der Waals surface area (Å²) in [7, 11) is 0. The summed E-state index contributed by atoms with van der Waals surface area (Å²) in [5, 5.41) is 11.2. The standard InChI is InChI=1S/C28H31N3O5/c1-4-35-22-12-11-21(17-23(22)36-5-2)25-24(26(32)20-9-7-19(3)8-10-20)27(33)28(34)31(25)15-6-14-30-16-13-29-18-30/h7-13,16-18,25,32H,4-6,14-15H2,1-3H3. The Balaban J connectivity index is 1.77. The van der Waals surface area contributed by atoms with E-state index >= 15 is 0 Å². The van der Waals surface area contributed by atoms with Gasteiger partial charge in [-0.25, -0.2) is 4.98 Å². The smallest absolute Gasteiger partial charge is 0.295 e. The van der Waals surface area contributed by atoms with Crippen molar-refractivity contribution in [3.8, 4) is 11.5 Å². The minimum absolute atomic E-state index is 0.0677. The lowest BCUT2D eigenvalue weighted by atomic mass is 9.94. The summed E-state index contributed by atoms with van der Waals surface area (Å²) in [6.45, 7) is 7.58. The van der Waals surface area contributed by atoms with Gasteiger partial charge in [-0.2, -0.15) is 0 Å². The molecule has 1 fully saturated rings. The van der Waals surface area contributed by atoms with Gasteiger partial charge < -0.3 is 24.0 Å². The first-order chi connectivity index (χ1) is 17.4. The third-order valence-electron chi connectivity index (χ3n) is 6.12. The van der Waals surface area contributed by atoms with Crippen LogP contribution >= 0.6 is 0 Å². The number of ether oxygens (including phenoxy) is 2. The molecule has 1 unspecified atom stereocenters. The lowest BCUT2D eigenvalue weighted by molar-refractivity contribution is -0.139. The molecule has 0 radical (unpaired) electrons. The number of aromatic nitrogens is 2. The molecule has 3 aromatic rings. The molecule has 1 N–H and O–H groups in total. The molecule has 0 bridgehead atoms. The Morgan fingerprint density at radius 1 is 1.00 bits per heavy atom. The highest BCUT2D eigenvalue weighted by Crippen LogP contribution is 2.42. The third-order valence-corrected chi connectivity index (χ3v) is 6.12. The van der Waals surface area contributed by atoms with E-state index in [0.29, 0.717) is 55.4 Å². The molecule has 1 atom stereocenters. The van der Waals surface area contributed by atoms with Crippen molar-refractivity contribution in [1.29, 1.82) is 0 Å². The van der Waals surface area contributed by atoms with Gasteiger partial charge in [0.2, 0.25) is 0 Å². The number of aliphatic hydroxyl groups excluding tert-OH is 1. The summed E-state index contributed by atoms with van der Waals surface area (Å²) >= 11 is 0. The minimum Gasteiger partial charge on any atom is -0.507 e. The number of ketones is 1. The van der Waals surface area contributed by atoms with Gasteiger partial charge in [-0.15, -0.1) is 0 Å². The number of aryl methyl sites for hydroxylation is 2. The average Bonchev–Trinajstić information content (AvgIpc) is 3.48. The van der Waals surface area contributed by atoms with E-state index in [1.807, 2.05) is 49.7 Å². The molecule has 8 heteroatoms. The van der Waals surface area contributed by atoms with Crippen molar-refractivity contribution in [2.75, 3.05) is 19.8 Å². The number of rotatable bonds is 10. The normalized spacial score (nSPS) is 17.0. The number of imidazole rings is 1. The van der Waals surface area contributed by atoms with Crippen LogP contribution < -0.4 is 9.47 Å². The van der Waals surface area contributed by atoms with Crippen molar-refractivity contribution < 1.29 is 24.2 Å². The van der Waals surface area contributed by atoms with Crippen LogP contribution in [0, 0.1) is 6.92 Å². The number of carbonyl (C=O) groups excluding carboxylic acids is 2. The van der Waals surface area contributed by atoms with Crippen LogP contribution in [0.5, 0.6) is 11.5 Å². The highest BCUT2D eigenvalue weighted by Gasteiger charge is 2.46. The highest BCUT2D eigenvalue weighted by molar-refractivity contribution is 6.46. The van der Waals surface area contributed by atoms with Gasteiger partial charge in [0.05, 0.1) is 31.2 Å². The Kier molecular flexibility index (Phi) is 7.73. The van der Waals surface area contributed by atoms with Gasteiger partial charge in [-0.1, -0.05) is 35.9 Å². The number of likely N-dealkylation sites (tertiary alicyclic amines) is 1. The Morgan fingerprint density at radius 2 is 1.72 bits per heavy atom. The van der Waals surface area contributed by atoms with Crippen LogP contribution in [0.15, 0.2) is 66.8 Å². The summed E-state index contributed by atoms with van der Waals surface area (Å²) in [5.74, 6) is -0.420. The number of amides is 1. The lowest BCUT2D eigenvalue weighted by Gasteiger charge is -2.26. The summed E-state index contributed by atoms with van der Waals surface area (Å²) in [6.07, 6.45) is 5.87. The van der Waals surface area contributed by atoms with Gasteiger partial charge in [-0.3, -0.25) is 9.59 Å². The van der Waals surface area contributed by atoms with Gasteiger partial charge in [0.1, 0.15) is 5.76 Å². The van der Waals surface area contributed by atoms with Crippen molar-refractivity contribution in [2.45, 2.75) is 39.8 Å². The predicted octanol–water partition coefficient (Wildman–Crippen LogP) is 4.50. The van der Waals surface area contributed by atoms with Crippen molar-refractivity contribution in [1.82, 2.24) is 14.5 Å². The largest absolute Gasteiger partial charge is 0.507 e. The molecule has 2 heterocycles. The fraction of sp³-hybridized carbons (Fsp3) is 0.321. The number of nitrogens with zero attached hydrogens (tertiary/aromatic N) is 3. The zero-order valence-electron chi connectivity index (χ0n) is 20.8. The van der Waals surface area contributed by atoms with E-state index in [0.717, 1.165) is 5.56 Å². The van der Waals surface area contributed by atoms with E-state index in [-0.39, 0.29) is 11.3 Å². The van der Waals surface area contributed by atoms with Crippen molar-refractivity contribution in [2.24, 2.45) is 0 Å². The molecule has 4 rings (SSSR count). The molecule has 1 aromatic heterocycles. The number of hydrogen-bond acceptors (Lipinski definition) is 6. The molecule has 36 heavy (non-hydrogen) atoms. The maximum Gasteiger partial charge on any atom is 0.295 e. The van der Waals surface area contributed by atoms with Gasteiger partial charge in [0.25, 0.3) is 11.7 Å². The van der Waals surface area contributed by atoms with Crippen LogP contribution in [0.2, 0.25) is 0 Å².